The van der Waals surface area contributed by atoms with Gasteiger partial charge in [0, 0.05) is 6.07 Å². The lowest BCUT2D eigenvalue weighted by molar-refractivity contribution is 0.508. The third-order valence-electron chi connectivity index (χ3n) is 1.69. The summed E-state index contributed by atoms with van der Waals surface area (Å²) in [7, 11) is 0. The first-order chi connectivity index (χ1) is 6.18. The summed E-state index contributed by atoms with van der Waals surface area (Å²) >= 11 is 0. The fourth-order valence-corrected chi connectivity index (χ4v) is 1.09. The van der Waals surface area contributed by atoms with Crippen LogP contribution in [0.2, 0.25) is 0 Å². The van der Waals surface area contributed by atoms with Crippen molar-refractivity contribution in [2.24, 2.45) is 0 Å². The average Bonchev–Trinajstić information content (AvgIpc) is 2.12. The third-order valence-corrected chi connectivity index (χ3v) is 1.69. The normalized spacial score (nSPS) is 10.6. The maximum Gasteiger partial charge on any atom is 0.336 e. The van der Waals surface area contributed by atoms with Crippen molar-refractivity contribution in [3.63, 3.8) is 0 Å². The van der Waals surface area contributed by atoms with Gasteiger partial charge < -0.3 is 4.42 Å². The third kappa shape index (κ3) is 1.20. The summed E-state index contributed by atoms with van der Waals surface area (Å²) in [5.74, 6) is -1.96. The van der Waals surface area contributed by atoms with Gasteiger partial charge in [0.1, 0.15) is 5.58 Å². The van der Waals surface area contributed by atoms with Crippen LogP contribution in [0.4, 0.5) is 8.78 Å². The minimum atomic E-state index is -0.999. The van der Waals surface area contributed by atoms with E-state index in [1.54, 1.807) is 0 Å². The zero-order chi connectivity index (χ0) is 9.42. The lowest BCUT2D eigenvalue weighted by Crippen LogP contribution is -1.96. The van der Waals surface area contributed by atoms with Gasteiger partial charge in [0.05, 0.1) is 5.39 Å². The molecule has 66 valence electrons. The lowest BCUT2D eigenvalue weighted by atomic mass is 10.2. The molecule has 0 aliphatic rings. The fourth-order valence-electron chi connectivity index (χ4n) is 1.09. The Balaban J connectivity index is 2.95. The Morgan fingerprint density at radius 3 is 2.62 bits per heavy atom. The Bertz CT molecular complexity index is 516. The second kappa shape index (κ2) is 2.65. The summed E-state index contributed by atoms with van der Waals surface area (Å²) < 4.78 is 30.3. The van der Waals surface area contributed by atoms with Gasteiger partial charge in [0.2, 0.25) is 0 Å². The molecule has 0 radical (unpaired) electrons. The molecular formula is C9H4F2O2. The molecule has 0 saturated heterocycles. The van der Waals surface area contributed by atoms with Gasteiger partial charge >= 0.3 is 5.63 Å². The summed E-state index contributed by atoms with van der Waals surface area (Å²) in [4.78, 5) is 10.7. The van der Waals surface area contributed by atoms with Crippen LogP contribution in [0.15, 0.2) is 33.5 Å². The van der Waals surface area contributed by atoms with Crippen LogP contribution in [0, 0.1) is 11.6 Å². The van der Waals surface area contributed by atoms with Gasteiger partial charge in [-0.2, -0.15) is 0 Å². The van der Waals surface area contributed by atoms with Gasteiger partial charge in [-0.15, -0.1) is 0 Å². The molecule has 0 saturated carbocycles. The molecule has 13 heavy (non-hydrogen) atoms. The molecule has 2 rings (SSSR count). The number of benzene rings is 1. The zero-order valence-electron chi connectivity index (χ0n) is 6.38. The standard InChI is InChI=1S/C9H4F2O2/c10-6-2-3-7-5(9(6)11)1-4-8(12)13-7/h1-4H. The predicted molar refractivity (Wildman–Crippen MR) is 42.4 cm³/mol. The highest BCUT2D eigenvalue weighted by atomic mass is 19.2. The van der Waals surface area contributed by atoms with E-state index in [2.05, 4.69) is 4.42 Å². The number of halogens is 2. The maximum atomic E-state index is 13.0. The van der Waals surface area contributed by atoms with E-state index in [0.717, 1.165) is 12.1 Å². The molecule has 1 aromatic heterocycles. The van der Waals surface area contributed by atoms with Crippen molar-refractivity contribution in [2.45, 2.75) is 0 Å². The second-order valence-electron chi connectivity index (χ2n) is 2.53. The number of rotatable bonds is 0. The number of hydrogen-bond donors (Lipinski definition) is 0. The Labute approximate surface area is 71.4 Å². The summed E-state index contributed by atoms with van der Waals surface area (Å²) in [6.07, 6.45) is 0. The Morgan fingerprint density at radius 2 is 1.85 bits per heavy atom. The van der Waals surface area contributed by atoms with Crippen LogP contribution >= 0.6 is 0 Å². The molecule has 2 nitrogen and oxygen atoms in total. The Kier molecular flexibility index (Phi) is 1.62. The van der Waals surface area contributed by atoms with E-state index in [4.69, 9.17) is 0 Å². The van der Waals surface area contributed by atoms with Crippen molar-refractivity contribution in [1.82, 2.24) is 0 Å². The van der Waals surface area contributed by atoms with Gasteiger partial charge in [-0.05, 0) is 18.2 Å². The van der Waals surface area contributed by atoms with Gasteiger partial charge in [0.15, 0.2) is 11.6 Å². The van der Waals surface area contributed by atoms with E-state index in [1.807, 2.05) is 0 Å². The zero-order valence-corrected chi connectivity index (χ0v) is 6.38. The first-order valence-corrected chi connectivity index (χ1v) is 3.56. The molecule has 1 heterocycles. The molecule has 0 fully saturated rings. The molecule has 0 aliphatic carbocycles. The van der Waals surface area contributed by atoms with Crippen molar-refractivity contribution in [2.75, 3.05) is 0 Å². The van der Waals surface area contributed by atoms with E-state index >= 15 is 0 Å². The van der Waals surface area contributed by atoms with Crippen molar-refractivity contribution >= 4 is 11.0 Å². The van der Waals surface area contributed by atoms with Crippen LogP contribution in [0.25, 0.3) is 11.0 Å². The molecule has 0 bridgehead atoms. The van der Waals surface area contributed by atoms with Crippen LogP contribution in [0.5, 0.6) is 0 Å². The lowest BCUT2D eigenvalue weighted by Gasteiger charge is -1.97. The van der Waals surface area contributed by atoms with E-state index < -0.39 is 17.3 Å². The quantitative estimate of drug-likeness (QED) is 0.584. The average molecular weight is 182 g/mol. The van der Waals surface area contributed by atoms with E-state index in [1.165, 1.54) is 12.1 Å². The fraction of sp³-hybridized carbons (Fsp3) is 0. The van der Waals surface area contributed by atoms with Crippen LogP contribution in [-0.2, 0) is 0 Å². The second-order valence-corrected chi connectivity index (χ2v) is 2.53. The predicted octanol–water partition coefficient (Wildman–Crippen LogP) is 2.07. The summed E-state index contributed by atoms with van der Waals surface area (Å²) in [6, 6.07) is 4.38. The molecule has 0 amide bonds. The molecule has 1 aromatic carbocycles. The number of hydrogen-bond acceptors (Lipinski definition) is 2. The topological polar surface area (TPSA) is 30.2 Å². The SMILES string of the molecule is O=c1ccc2c(F)c(F)ccc2o1. The van der Waals surface area contributed by atoms with E-state index in [0.29, 0.717) is 0 Å². The van der Waals surface area contributed by atoms with Crippen LogP contribution < -0.4 is 5.63 Å². The monoisotopic (exact) mass is 182 g/mol. The molecule has 0 spiro atoms. The summed E-state index contributed by atoms with van der Waals surface area (Å²) in [5, 5.41) is -0.0281. The maximum absolute atomic E-state index is 13.0. The highest BCUT2D eigenvalue weighted by Gasteiger charge is 2.07. The van der Waals surface area contributed by atoms with E-state index in [9.17, 15) is 13.6 Å². The van der Waals surface area contributed by atoms with Crippen LogP contribution in [-0.4, -0.2) is 0 Å². The van der Waals surface area contributed by atoms with Gasteiger partial charge in [-0.25, -0.2) is 13.6 Å². The first kappa shape index (κ1) is 7.91. The molecule has 0 N–H and O–H groups in total. The first-order valence-electron chi connectivity index (χ1n) is 3.56. The smallest absolute Gasteiger partial charge is 0.336 e. The van der Waals surface area contributed by atoms with Crippen molar-refractivity contribution in [3.8, 4) is 0 Å². The molecule has 4 heteroatoms. The van der Waals surface area contributed by atoms with Crippen molar-refractivity contribution in [3.05, 3.63) is 46.3 Å². The molecule has 0 unspecified atom stereocenters. The van der Waals surface area contributed by atoms with Gasteiger partial charge in [-0.1, -0.05) is 0 Å². The van der Waals surface area contributed by atoms with Crippen molar-refractivity contribution in [1.29, 1.82) is 0 Å². The van der Waals surface area contributed by atoms with Crippen LogP contribution in [0.1, 0.15) is 0 Å². The molecular weight excluding hydrogens is 178 g/mol. The Hall–Kier alpha value is -1.71. The largest absolute Gasteiger partial charge is 0.423 e. The number of fused-ring (bicyclic) bond motifs is 1. The molecule has 0 atom stereocenters. The highest BCUT2D eigenvalue weighted by molar-refractivity contribution is 5.76. The summed E-state index contributed by atoms with van der Waals surface area (Å²) in [5.41, 5.74) is -0.537. The van der Waals surface area contributed by atoms with Gasteiger partial charge in [0.25, 0.3) is 0 Å². The van der Waals surface area contributed by atoms with Crippen molar-refractivity contribution < 1.29 is 13.2 Å². The highest BCUT2D eigenvalue weighted by Crippen LogP contribution is 2.17. The molecule has 0 aliphatic heterocycles. The van der Waals surface area contributed by atoms with Crippen LogP contribution in [0.3, 0.4) is 0 Å². The molecule has 2 aromatic rings. The van der Waals surface area contributed by atoms with E-state index in [-0.39, 0.29) is 11.0 Å². The van der Waals surface area contributed by atoms with Gasteiger partial charge in [-0.3, -0.25) is 0 Å². The Morgan fingerprint density at radius 1 is 1.08 bits per heavy atom. The summed E-state index contributed by atoms with van der Waals surface area (Å²) in [6.45, 7) is 0. The minimum absolute atomic E-state index is 0.0281. The minimum Gasteiger partial charge on any atom is -0.423 e.